The van der Waals surface area contributed by atoms with Crippen LogP contribution in [0.4, 0.5) is 14.7 Å². The standard InChI is InChI=1S/C8H8F2N4O/c9-5(10)4-15-7-3-1-2-6-12-8(11)13-14(6)7/h1-3,5H,4H2,(H2,11,13). The van der Waals surface area contributed by atoms with Crippen LogP contribution in [0.2, 0.25) is 0 Å². The zero-order valence-electron chi connectivity index (χ0n) is 7.60. The molecule has 5 nitrogen and oxygen atoms in total. The average molecular weight is 214 g/mol. The molecule has 0 saturated carbocycles. The van der Waals surface area contributed by atoms with Gasteiger partial charge in [-0.25, -0.2) is 8.78 Å². The van der Waals surface area contributed by atoms with Gasteiger partial charge in [0.25, 0.3) is 6.43 Å². The fourth-order valence-electron chi connectivity index (χ4n) is 1.16. The molecule has 0 aromatic carbocycles. The minimum absolute atomic E-state index is 0.0723. The summed E-state index contributed by atoms with van der Waals surface area (Å²) in [6, 6.07) is 4.80. The predicted molar refractivity (Wildman–Crippen MR) is 48.9 cm³/mol. The van der Waals surface area contributed by atoms with Gasteiger partial charge in [-0.3, -0.25) is 0 Å². The number of fused-ring (bicyclic) bond motifs is 1. The Hall–Kier alpha value is -1.92. The van der Waals surface area contributed by atoms with Crippen molar-refractivity contribution in [2.45, 2.75) is 6.43 Å². The van der Waals surface area contributed by atoms with Crippen LogP contribution in [0.5, 0.6) is 5.88 Å². The maximum Gasteiger partial charge on any atom is 0.272 e. The molecule has 80 valence electrons. The number of nitrogen functional groups attached to an aromatic ring is 1. The molecule has 2 N–H and O–H groups in total. The Morgan fingerprint density at radius 2 is 2.27 bits per heavy atom. The molecule has 0 saturated heterocycles. The number of rotatable bonds is 3. The van der Waals surface area contributed by atoms with E-state index in [1.165, 1.54) is 10.6 Å². The molecule has 0 radical (unpaired) electrons. The van der Waals surface area contributed by atoms with Gasteiger partial charge in [-0.05, 0) is 6.07 Å². The van der Waals surface area contributed by atoms with Crippen molar-refractivity contribution in [3.8, 4) is 5.88 Å². The summed E-state index contributed by atoms with van der Waals surface area (Å²) < 4.78 is 30.0. The van der Waals surface area contributed by atoms with E-state index in [2.05, 4.69) is 10.1 Å². The summed E-state index contributed by atoms with van der Waals surface area (Å²) in [4.78, 5) is 3.86. The van der Waals surface area contributed by atoms with Gasteiger partial charge >= 0.3 is 0 Å². The lowest BCUT2D eigenvalue weighted by Gasteiger charge is -2.05. The number of pyridine rings is 1. The third-order valence-electron chi connectivity index (χ3n) is 1.70. The van der Waals surface area contributed by atoms with Gasteiger partial charge in [0.2, 0.25) is 11.8 Å². The molecule has 2 rings (SSSR count). The molecule has 0 spiro atoms. The molecule has 7 heteroatoms. The molecular formula is C8H8F2N4O. The minimum Gasteiger partial charge on any atom is -0.472 e. The van der Waals surface area contributed by atoms with Crippen LogP contribution in [0, 0.1) is 0 Å². The fraction of sp³-hybridized carbons (Fsp3) is 0.250. The zero-order chi connectivity index (χ0) is 10.8. The smallest absolute Gasteiger partial charge is 0.272 e. The van der Waals surface area contributed by atoms with E-state index < -0.39 is 13.0 Å². The summed E-state index contributed by atoms with van der Waals surface area (Å²) in [6.07, 6.45) is -2.53. The van der Waals surface area contributed by atoms with E-state index in [1.54, 1.807) is 12.1 Å². The molecule has 0 unspecified atom stereocenters. The first-order chi connectivity index (χ1) is 7.16. The van der Waals surface area contributed by atoms with Crippen LogP contribution in [0.3, 0.4) is 0 Å². The van der Waals surface area contributed by atoms with Crippen molar-refractivity contribution in [3.63, 3.8) is 0 Å². The molecule has 0 atom stereocenters. The Bertz CT molecular complexity index is 471. The molecule has 0 aliphatic carbocycles. The molecule has 0 fully saturated rings. The minimum atomic E-state index is -2.53. The normalized spacial score (nSPS) is 11.1. The number of hydrogen-bond donors (Lipinski definition) is 1. The van der Waals surface area contributed by atoms with Gasteiger partial charge in [-0.15, -0.1) is 5.10 Å². The molecule has 2 heterocycles. The summed E-state index contributed by atoms with van der Waals surface area (Å²) in [6.45, 7) is -0.682. The van der Waals surface area contributed by atoms with Crippen LogP contribution >= 0.6 is 0 Å². The Kier molecular flexibility index (Phi) is 2.36. The molecule has 15 heavy (non-hydrogen) atoms. The van der Waals surface area contributed by atoms with E-state index in [0.717, 1.165) is 0 Å². The van der Waals surface area contributed by atoms with Gasteiger partial charge in [0.1, 0.15) is 0 Å². The van der Waals surface area contributed by atoms with Gasteiger partial charge in [0, 0.05) is 6.07 Å². The third-order valence-corrected chi connectivity index (χ3v) is 1.70. The van der Waals surface area contributed by atoms with Crippen molar-refractivity contribution in [1.82, 2.24) is 14.6 Å². The first kappa shape index (κ1) is 9.63. The van der Waals surface area contributed by atoms with Gasteiger partial charge in [0.15, 0.2) is 12.3 Å². The van der Waals surface area contributed by atoms with E-state index >= 15 is 0 Å². The van der Waals surface area contributed by atoms with E-state index in [-0.39, 0.29) is 11.8 Å². The second kappa shape index (κ2) is 3.68. The van der Waals surface area contributed by atoms with Crippen molar-refractivity contribution in [2.75, 3.05) is 12.3 Å². The van der Waals surface area contributed by atoms with Crippen LogP contribution < -0.4 is 10.5 Å². The number of nitrogens with two attached hydrogens (primary N) is 1. The largest absolute Gasteiger partial charge is 0.472 e. The summed E-state index contributed by atoms with van der Waals surface area (Å²) in [5.41, 5.74) is 5.83. The van der Waals surface area contributed by atoms with Crippen molar-refractivity contribution < 1.29 is 13.5 Å². The van der Waals surface area contributed by atoms with Crippen LogP contribution in [-0.2, 0) is 0 Å². The number of anilines is 1. The van der Waals surface area contributed by atoms with Crippen LogP contribution in [-0.4, -0.2) is 27.6 Å². The Balaban J connectivity index is 2.33. The number of hydrogen-bond acceptors (Lipinski definition) is 4. The van der Waals surface area contributed by atoms with Crippen LogP contribution in [0.25, 0.3) is 5.65 Å². The first-order valence-corrected chi connectivity index (χ1v) is 4.19. The molecule has 0 aliphatic heterocycles. The lowest BCUT2D eigenvalue weighted by molar-refractivity contribution is 0.0784. The number of alkyl halides is 2. The first-order valence-electron chi connectivity index (χ1n) is 4.19. The maximum atomic E-state index is 11.9. The van der Waals surface area contributed by atoms with E-state index in [1.807, 2.05) is 0 Å². The topological polar surface area (TPSA) is 65.4 Å². The van der Waals surface area contributed by atoms with Crippen molar-refractivity contribution >= 4 is 11.6 Å². The predicted octanol–water partition coefficient (Wildman–Crippen LogP) is 0.955. The summed E-state index contributed by atoms with van der Waals surface area (Å²) in [7, 11) is 0. The maximum absolute atomic E-state index is 11.9. The molecule has 2 aromatic heterocycles. The monoisotopic (exact) mass is 214 g/mol. The second-order valence-corrected chi connectivity index (χ2v) is 2.81. The third kappa shape index (κ3) is 1.95. The molecular weight excluding hydrogens is 206 g/mol. The highest BCUT2D eigenvalue weighted by Gasteiger charge is 2.08. The van der Waals surface area contributed by atoms with Crippen LogP contribution in [0.15, 0.2) is 18.2 Å². The number of ether oxygens (including phenoxy) is 1. The van der Waals surface area contributed by atoms with E-state index in [4.69, 9.17) is 10.5 Å². The lowest BCUT2D eigenvalue weighted by Crippen LogP contribution is -2.09. The van der Waals surface area contributed by atoms with Gasteiger partial charge in [-0.2, -0.15) is 9.50 Å². The number of halogens is 2. The van der Waals surface area contributed by atoms with Gasteiger partial charge < -0.3 is 10.5 Å². The molecule has 0 aliphatic rings. The highest BCUT2D eigenvalue weighted by molar-refractivity contribution is 5.44. The summed E-state index contributed by atoms with van der Waals surface area (Å²) in [5.74, 6) is 0.264. The summed E-state index contributed by atoms with van der Waals surface area (Å²) >= 11 is 0. The Morgan fingerprint density at radius 1 is 1.47 bits per heavy atom. The highest BCUT2D eigenvalue weighted by atomic mass is 19.3. The Morgan fingerprint density at radius 3 is 3.00 bits per heavy atom. The van der Waals surface area contributed by atoms with Gasteiger partial charge in [0.05, 0.1) is 0 Å². The Labute approximate surface area is 83.5 Å². The fourth-order valence-corrected chi connectivity index (χ4v) is 1.16. The molecule has 0 bridgehead atoms. The van der Waals surface area contributed by atoms with Gasteiger partial charge in [-0.1, -0.05) is 6.07 Å². The van der Waals surface area contributed by atoms with Crippen molar-refractivity contribution in [3.05, 3.63) is 18.2 Å². The van der Waals surface area contributed by atoms with E-state index in [0.29, 0.717) is 5.65 Å². The average Bonchev–Trinajstić information content (AvgIpc) is 2.55. The number of aromatic nitrogens is 3. The second-order valence-electron chi connectivity index (χ2n) is 2.81. The summed E-state index contributed by atoms with van der Waals surface area (Å²) in [5, 5.41) is 3.80. The number of nitrogens with zero attached hydrogens (tertiary/aromatic N) is 3. The molecule has 2 aromatic rings. The lowest BCUT2D eigenvalue weighted by atomic mass is 10.5. The molecule has 0 amide bonds. The zero-order valence-corrected chi connectivity index (χ0v) is 7.60. The van der Waals surface area contributed by atoms with E-state index in [9.17, 15) is 8.78 Å². The quantitative estimate of drug-likeness (QED) is 0.826. The highest BCUT2D eigenvalue weighted by Crippen LogP contribution is 2.14. The van der Waals surface area contributed by atoms with Crippen molar-refractivity contribution in [2.24, 2.45) is 0 Å². The SMILES string of the molecule is Nc1nc2cccc(OCC(F)F)n2n1. The van der Waals surface area contributed by atoms with Crippen LogP contribution in [0.1, 0.15) is 0 Å². The van der Waals surface area contributed by atoms with Crippen molar-refractivity contribution in [1.29, 1.82) is 0 Å².